The van der Waals surface area contributed by atoms with Crippen molar-refractivity contribution >= 4 is 5.91 Å². The van der Waals surface area contributed by atoms with E-state index >= 15 is 0 Å². The summed E-state index contributed by atoms with van der Waals surface area (Å²) in [5.74, 6) is -0.108. The maximum atomic E-state index is 12.0. The second-order valence-electron chi connectivity index (χ2n) is 5.41. The van der Waals surface area contributed by atoms with Crippen molar-refractivity contribution < 1.29 is 9.90 Å². The van der Waals surface area contributed by atoms with Crippen molar-refractivity contribution in [2.75, 3.05) is 0 Å². The van der Waals surface area contributed by atoms with Crippen molar-refractivity contribution in [3.8, 4) is 0 Å². The number of carbonyl (C=O) groups is 1. The molecule has 7 nitrogen and oxygen atoms in total. The Bertz CT molecular complexity index is 566. The minimum Gasteiger partial charge on any atom is -0.389 e. The van der Waals surface area contributed by atoms with Crippen LogP contribution in [-0.4, -0.2) is 42.3 Å². The van der Waals surface area contributed by atoms with E-state index in [-0.39, 0.29) is 24.5 Å². The van der Waals surface area contributed by atoms with Gasteiger partial charge in [0.15, 0.2) is 0 Å². The van der Waals surface area contributed by atoms with Gasteiger partial charge >= 0.3 is 0 Å². The van der Waals surface area contributed by atoms with E-state index in [9.17, 15) is 9.90 Å². The van der Waals surface area contributed by atoms with Crippen molar-refractivity contribution in [2.45, 2.75) is 44.0 Å². The van der Waals surface area contributed by atoms with Crippen LogP contribution in [0.15, 0.2) is 37.4 Å². The van der Waals surface area contributed by atoms with Crippen LogP contribution in [0.25, 0.3) is 0 Å². The number of imidazole rings is 2. The Morgan fingerprint density at radius 3 is 2.76 bits per heavy atom. The van der Waals surface area contributed by atoms with E-state index in [1.807, 2.05) is 10.8 Å². The fourth-order valence-corrected chi connectivity index (χ4v) is 2.90. The lowest BCUT2D eigenvalue weighted by Gasteiger charge is -2.35. The molecule has 1 aliphatic carbocycles. The lowest BCUT2D eigenvalue weighted by Crippen LogP contribution is -2.49. The number of nitrogens with one attached hydrogen (secondary N) is 1. The molecule has 1 amide bonds. The van der Waals surface area contributed by atoms with Gasteiger partial charge in [-0.2, -0.15) is 0 Å². The number of aromatic nitrogens is 4. The van der Waals surface area contributed by atoms with Crippen LogP contribution in [0, 0.1) is 0 Å². The standard InChI is InChI=1S/C14H19N5O2/c20-13(8-18-6-4-15-9-18)17-11-2-1-3-12(14(11)21)19-7-5-16-10-19/h4-7,9-12,14,21H,1-3,8H2,(H,17,20)/t11-,12-,14-/m1/s1. The minimum absolute atomic E-state index is 0.0280. The molecule has 2 heterocycles. The van der Waals surface area contributed by atoms with Crippen LogP contribution < -0.4 is 5.32 Å². The van der Waals surface area contributed by atoms with Crippen molar-refractivity contribution in [3.63, 3.8) is 0 Å². The van der Waals surface area contributed by atoms with Gasteiger partial charge in [0.25, 0.3) is 0 Å². The average Bonchev–Trinajstić information content (AvgIpc) is 3.14. The highest BCUT2D eigenvalue weighted by Gasteiger charge is 2.33. The predicted molar refractivity (Wildman–Crippen MR) is 75.3 cm³/mol. The van der Waals surface area contributed by atoms with E-state index in [1.165, 1.54) is 0 Å². The molecule has 2 aromatic rings. The summed E-state index contributed by atoms with van der Waals surface area (Å²) in [7, 11) is 0. The Balaban J connectivity index is 1.61. The summed E-state index contributed by atoms with van der Waals surface area (Å²) in [4.78, 5) is 20.0. The normalized spacial score (nSPS) is 25.7. The molecule has 112 valence electrons. The van der Waals surface area contributed by atoms with Gasteiger partial charge in [0.1, 0.15) is 6.54 Å². The van der Waals surface area contributed by atoms with Crippen molar-refractivity contribution in [2.24, 2.45) is 0 Å². The Morgan fingerprint density at radius 2 is 2.05 bits per heavy atom. The van der Waals surface area contributed by atoms with Crippen LogP contribution >= 0.6 is 0 Å². The highest BCUT2D eigenvalue weighted by atomic mass is 16.3. The molecular weight excluding hydrogens is 270 g/mol. The van der Waals surface area contributed by atoms with Gasteiger partial charge in [-0.05, 0) is 19.3 Å². The van der Waals surface area contributed by atoms with E-state index in [2.05, 4.69) is 15.3 Å². The summed E-state index contributed by atoms with van der Waals surface area (Å²) < 4.78 is 3.62. The number of hydrogen-bond donors (Lipinski definition) is 2. The maximum Gasteiger partial charge on any atom is 0.240 e. The largest absolute Gasteiger partial charge is 0.389 e. The number of hydrogen-bond acceptors (Lipinski definition) is 4. The SMILES string of the molecule is O=C(Cn1ccnc1)N[C@@H]1CCC[C@@H](n2ccnc2)[C@@H]1O. The molecule has 3 rings (SSSR count). The van der Waals surface area contributed by atoms with Gasteiger partial charge in [-0.3, -0.25) is 4.79 Å². The first-order valence-electron chi connectivity index (χ1n) is 7.14. The van der Waals surface area contributed by atoms with Gasteiger partial charge in [-0.15, -0.1) is 0 Å². The molecule has 0 aliphatic heterocycles. The topological polar surface area (TPSA) is 85.0 Å². The van der Waals surface area contributed by atoms with Crippen LogP contribution in [0.1, 0.15) is 25.3 Å². The molecule has 0 saturated heterocycles. The Labute approximate surface area is 122 Å². The summed E-state index contributed by atoms with van der Waals surface area (Å²) in [6.45, 7) is 0.221. The molecule has 0 spiro atoms. The van der Waals surface area contributed by atoms with Crippen LogP contribution in [0.3, 0.4) is 0 Å². The molecule has 1 aliphatic rings. The first-order valence-corrected chi connectivity index (χ1v) is 7.14. The predicted octanol–water partition coefficient (Wildman–Crippen LogP) is 0.350. The average molecular weight is 289 g/mol. The van der Waals surface area contributed by atoms with E-state index < -0.39 is 6.10 Å². The fraction of sp³-hybridized carbons (Fsp3) is 0.500. The van der Waals surface area contributed by atoms with E-state index in [4.69, 9.17) is 0 Å². The molecule has 0 unspecified atom stereocenters. The van der Waals surface area contributed by atoms with Gasteiger partial charge in [0.2, 0.25) is 5.91 Å². The molecule has 21 heavy (non-hydrogen) atoms. The monoisotopic (exact) mass is 289 g/mol. The summed E-state index contributed by atoms with van der Waals surface area (Å²) in [5, 5.41) is 13.4. The second-order valence-corrected chi connectivity index (χ2v) is 5.41. The van der Waals surface area contributed by atoms with Crippen molar-refractivity contribution in [1.29, 1.82) is 0 Å². The Kier molecular flexibility index (Phi) is 4.01. The Hall–Kier alpha value is -2.15. The molecule has 0 bridgehead atoms. The van der Waals surface area contributed by atoms with Gasteiger partial charge in [-0.25, -0.2) is 9.97 Å². The first-order chi connectivity index (χ1) is 10.2. The number of aliphatic hydroxyl groups excluding tert-OH is 1. The Morgan fingerprint density at radius 1 is 1.24 bits per heavy atom. The minimum atomic E-state index is -0.598. The summed E-state index contributed by atoms with van der Waals surface area (Å²) in [6, 6.07) is -0.248. The van der Waals surface area contributed by atoms with Crippen LogP contribution in [0.5, 0.6) is 0 Å². The molecule has 0 aromatic carbocycles. The molecule has 7 heteroatoms. The number of aliphatic hydroxyl groups is 1. The molecule has 1 fully saturated rings. The van der Waals surface area contributed by atoms with Crippen LogP contribution in [0.2, 0.25) is 0 Å². The molecule has 1 saturated carbocycles. The molecule has 2 N–H and O–H groups in total. The second kappa shape index (κ2) is 6.09. The number of nitrogens with zero attached hydrogens (tertiary/aromatic N) is 4. The zero-order chi connectivity index (χ0) is 14.7. The van der Waals surface area contributed by atoms with E-state index in [0.29, 0.717) is 0 Å². The highest BCUT2D eigenvalue weighted by molar-refractivity contribution is 5.76. The number of carbonyl (C=O) groups excluding carboxylic acids is 1. The molecule has 0 radical (unpaired) electrons. The third-order valence-corrected chi connectivity index (χ3v) is 3.96. The zero-order valence-electron chi connectivity index (χ0n) is 11.7. The maximum absolute atomic E-state index is 12.0. The number of amides is 1. The third kappa shape index (κ3) is 3.13. The van der Waals surface area contributed by atoms with Crippen molar-refractivity contribution in [3.05, 3.63) is 37.4 Å². The smallest absolute Gasteiger partial charge is 0.240 e. The third-order valence-electron chi connectivity index (χ3n) is 3.96. The van der Waals surface area contributed by atoms with Gasteiger partial charge in [0, 0.05) is 24.8 Å². The number of rotatable bonds is 4. The zero-order valence-corrected chi connectivity index (χ0v) is 11.7. The molecule has 2 aromatic heterocycles. The summed E-state index contributed by atoms with van der Waals surface area (Å²) in [5.41, 5.74) is 0. The molecular formula is C14H19N5O2. The quantitative estimate of drug-likeness (QED) is 0.850. The summed E-state index contributed by atoms with van der Waals surface area (Å²) in [6.07, 6.45) is 12.3. The van der Waals surface area contributed by atoms with Crippen LogP contribution in [-0.2, 0) is 11.3 Å². The van der Waals surface area contributed by atoms with E-state index in [1.54, 1.807) is 35.8 Å². The van der Waals surface area contributed by atoms with Gasteiger partial charge in [-0.1, -0.05) is 0 Å². The fourth-order valence-electron chi connectivity index (χ4n) is 2.90. The van der Waals surface area contributed by atoms with Crippen molar-refractivity contribution in [1.82, 2.24) is 24.4 Å². The molecule has 3 atom stereocenters. The van der Waals surface area contributed by atoms with E-state index in [0.717, 1.165) is 19.3 Å². The highest BCUT2D eigenvalue weighted by Crippen LogP contribution is 2.28. The van der Waals surface area contributed by atoms with Gasteiger partial charge in [0.05, 0.1) is 30.8 Å². The lowest BCUT2D eigenvalue weighted by atomic mass is 9.88. The summed E-state index contributed by atoms with van der Waals surface area (Å²) >= 11 is 0. The first kappa shape index (κ1) is 13.8. The van der Waals surface area contributed by atoms with Crippen LogP contribution in [0.4, 0.5) is 0 Å². The van der Waals surface area contributed by atoms with Gasteiger partial charge < -0.3 is 19.6 Å². The lowest BCUT2D eigenvalue weighted by molar-refractivity contribution is -0.124.